The number of hydrogen-bond donors (Lipinski definition) is 0. The van der Waals surface area contributed by atoms with Gasteiger partial charge in [-0.2, -0.15) is 0 Å². The highest BCUT2D eigenvalue weighted by Gasteiger charge is 2.74. The highest BCUT2D eigenvalue weighted by molar-refractivity contribution is 5.90. The van der Waals surface area contributed by atoms with Crippen LogP contribution in [0.4, 0.5) is 13.2 Å². The quantitative estimate of drug-likeness (QED) is 0.512. The number of rotatable bonds is 5. The molecule has 0 amide bonds. The van der Waals surface area contributed by atoms with Gasteiger partial charge in [-0.05, 0) is 100 Å². The fraction of sp³-hybridized carbons (Fsp3) is 0.720. The first-order valence-corrected chi connectivity index (χ1v) is 11.5. The van der Waals surface area contributed by atoms with Crippen LogP contribution in [0.2, 0.25) is 0 Å². The predicted octanol–water partition coefficient (Wildman–Crippen LogP) is 6.25. The van der Waals surface area contributed by atoms with Gasteiger partial charge in [0.2, 0.25) is 0 Å². The maximum Gasteiger partial charge on any atom is 0.341 e. The number of halogens is 3. The molecule has 5 saturated carbocycles. The number of benzene rings is 1. The summed E-state index contributed by atoms with van der Waals surface area (Å²) in [6.45, 7) is 5.38. The lowest BCUT2D eigenvalue weighted by atomic mass is 9.50. The zero-order valence-corrected chi connectivity index (χ0v) is 18.5. The maximum atomic E-state index is 14.7. The second kappa shape index (κ2) is 6.72. The molecule has 5 fully saturated rings. The Morgan fingerprint density at radius 3 is 2.06 bits per heavy atom. The highest BCUT2D eigenvalue weighted by atomic mass is 19.3. The van der Waals surface area contributed by atoms with E-state index in [0.717, 1.165) is 25.3 Å². The van der Waals surface area contributed by atoms with Crippen LogP contribution in [0.25, 0.3) is 0 Å². The zero-order valence-electron chi connectivity index (χ0n) is 18.5. The van der Waals surface area contributed by atoms with Crippen LogP contribution in [0, 0.1) is 29.0 Å². The Bertz CT molecular complexity index is 868. The topological polar surface area (TPSA) is 35.5 Å². The van der Waals surface area contributed by atoms with Crippen molar-refractivity contribution in [2.24, 2.45) is 23.2 Å². The molecule has 0 heterocycles. The number of ether oxygens (including phenoxy) is 2. The lowest BCUT2D eigenvalue weighted by Gasteiger charge is -2.56. The van der Waals surface area contributed by atoms with E-state index < -0.39 is 35.3 Å². The van der Waals surface area contributed by atoms with Gasteiger partial charge in [0.1, 0.15) is 11.4 Å². The van der Waals surface area contributed by atoms with E-state index in [4.69, 9.17) is 9.47 Å². The van der Waals surface area contributed by atoms with Crippen LogP contribution < -0.4 is 0 Å². The van der Waals surface area contributed by atoms with Crippen molar-refractivity contribution in [2.45, 2.75) is 82.8 Å². The van der Waals surface area contributed by atoms with Crippen LogP contribution in [-0.4, -0.2) is 24.1 Å². The number of esters is 1. The first-order valence-electron chi connectivity index (χ1n) is 11.5. The first-order chi connectivity index (χ1) is 14.4. The molecule has 0 N–H and O–H groups in total. The van der Waals surface area contributed by atoms with E-state index >= 15 is 0 Å². The molecule has 3 nitrogen and oxygen atoms in total. The minimum absolute atomic E-state index is 0.00454. The van der Waals surface area contributed by atoms with E-state index in [9.17, 15) is 18.0 Å². The van der Waals surface area contributed by atoms with Crippen molar-refractivity contribution in [1.82, 2.24) is 0 Å². The summed E-state index contributed by atoms with van der Waals surface area (Å²) in [6, 6.07) is 3.66. The molecule has 5 aliphatic carbocycles. The Morgan fingerprint density at radius 1 is 1.06 bits per heavy atom. The van der Waals surface area contributed by atoms with E-state index in [1.54, 1.807) is 20.8 Å². The number of carbonyl (C=O) groups is 1. The molecule has 5 aliphatic rings. The zero-order chi connectivity index (χ0) is 22.2. The number of carbonyl (C=O) groups excluding carboxylic acids is 1. The molecule has 0 spiro atoms. The molecular weight excluding hydrogens is 405 g/mol. The fourth-order valence-corrected chi connectivity index (χ4v) is 6.83. The molecule has 0 saturated heterocycles. The Balaban J connectivity index is 1.35. The molecule has 6 heteroatoms. The van der Waals surface area contributed by atoms with Crippen LogP contribution in [0.1, 0.15) is 81.6 Å². The van der Waals surface area contributed by atoms with Crippen molar-refractivity contribution in [2.75, 3.05) is 6.61 Å². The molecule has 170 valence electrons. The van der Waals surface area contributed by atoms with E-state index in [2.05, 4.69) is 0 Å². The summed E-state index contributed by atoms with van der Waals surface area (Å²) in [5.41, 5.74) is -2.71. The number of alkyl halides is 2. The smallest absolute Gasteiger partial charge is 0.341 e. The average molecular weight is 437 g/mol. The summed E-state index contributed by atoms with van der Waals surface area (Å²) >= 11 is 0. The van der Waals surface area contributed by atoms with Gasteiger partial charge in [0.15, 0.2) is 5.60 Å². The monoisotopic (exact) mass is 436 g/mol. The Morgan fingerprint density at radius 2 is 1.61 bits per heavy atom. The molecule has 6 rings (SSSR count). The third-order valence-electron chi connectivity index (χ3n) is 7.78. The molecule has 0 radical (unpaired) electrons. The summed E-state index contributed by atoms with van der Waals surface area (Å²) in [6.07, 6.45) is 6.57. The summed E-state index contributed by atoms with van der Waals surface area (Å²) < 4.78 is 55.1. The van der Waals surface area contributed by atoms with Crippen molar-refractivity contribution in [3.63, 3.8) is 0 Å². The van der Waals surface area contributed by atoms with Crippen molar-refractivity contribution in [3.05, 3.63) is 35.1 Å². The van der Waals surface area contributed by atoms with E-state index in [0.29, 0.717) is 24.4 Å². The minimum atomic E-state index is -3.03. The van der Waals surface area contributed by atoms with Gasteiger partial charge in [0, 0.05) is 0 Å². The second-order valence-electron chi connectivity index (χ2n) is 11.6. The molecule has 4 bridgehead atoms. The van der Waals surface area contributed by atoms with Crippen molar-refractivity contribution < 1.29 is 27.4 Å². The maximum absolute atomic E-state index is 14.7. The molecule has 1 aromatic rings. The summed E-state index contributed by atoms with van der Waals surface area (Å²) in [7, 11) is 0. The fourth-order valence-electron chi connectivity index (χ4n) is 6.83. The van der Waals surface area contributed by atoms with Crippen LogP contribution in [0.15, 0.2) is 18.2 Å². The van der Waals surface area contributed by atoms with Crippen LogP contribution >= 0.6 is 0 Å². The third kappa shape index (κ3) is 3.69. The lowest BCUT2D eigenvalue weighted by molar-refractivity contribution is -0.140. The molecular formula is C25H31F3O3. The summed E-state index contributed by atoms with van der Waals surface area (Å²) in [5.74, 6) is -2.58. The van der Waals surface area contributed by atoms with Crippen molar-refractivity contribution in [3.8, 4) is 0 Å². The van der Waals surface area contributed by atoms with Gasteiger partial charge in [-0.15, -0.1) is 0 Å². The van der Waals surface area contributed by atoms with Crippen molar-refractivity contribution in [1.29, 1.82) is 0 Å². The van der Waals surface area contributed by atoms with Gasteiger partial charge in [0.05, 0.1) is 18.6 Å². The predicted molar refractivity (Wildman–Crippen MR) is 109 cm³/mol. The lowest BCUT2D eigenvalue weighted by Crippen LogP contribution is -2.48. The minimum Gasteiger partial charge on any atom is -0.456 e. The molecule has 0 aromatic heterocycles. The Kier molecular flexibility index (Phi) is 4.62. The van der Waals surface area contributed by atoms with Crippen LogP contribution in [-0.2, 0) is 15.1 Å². The van der Waals surface area contributed by atoms with Crippen LogP contribution in [0.5, 0.6) is 0 Å². The number of hydrogen-bond acceptors (Lipinski definition) is 3. The third-order valence-corrected chi connectivity index (χ3v) is 7.78. The highest BCUT2D eigenvalue weighted by Crippen LogP contribution is 2.65. The standard InChI is InChI=1S/C25H31F3O3/c1-22(2,3)31-21(29)19-5-4-18(9-20(19)26)24(13-25(24,27)28)30-14-23-10-15-6-16(11-23)8-17(7-15)12-23/h4-5,9,15-17H,6-8,10-14H2,1-3H3. The Labute approximate surface area is 181 Å². The molecule has 1 unspecified atom stereocenters. The summed E-state index contributed by atoms with van der Waals surface area (Å²) in [5, 5.41) is 0. The first kappa shape index (κ1) is 21.3. The van der Waals surface area contributed by atoms with Crippen LogP contribution in [0.3, 0.4) is 0 Å². The largest absolute Gasteiger partial charge is 0.456 e. The van der Waals surface area contributed by atoms with Gasteiger partial charge in [-0.25, -0.2) is 18.0 Å². The summed E-state index contributed by atoms with van der Waals surface area (Å²) in [4.78, 5) is 12.2. The van der Waals surface area contributed by atoms with Gasteiger partial charge in [-0.1, -0.05) is 6.07 Å². The molecule has 31 heavy (non-hydrogen) atoms. The molecule has 1 atom stereocenters. The second-order valence-corrected chi connectivity index (χ2v) is 11.6. The van der Waals surface area contributed by atoms with Gasteiger partial charge in [-0.3, -0.25) is 0 Å². The average Bonchev–Trinajstić information content (AvgIpc) is 3.20. The van der Waals surface area contributed by atoms with Gasteiger partial charge >= 0.3 is 5.97 Å². The van der Waals surface area contributed by atoms with Gasteiger partial charge < -0.3 is 9.47 Å². The molecule has 0 aliphatic heterocycles. The Hall–Kier alpha value is -1.56. The van der Waals surface area contributed by atoms with E-state index in [1.807, 2.05) is 0 Å². The van der Waals surface area contributed by atoms with E-state index in [1.165, 1.54) is 31.4 Å². The normalized spacial score (nSPS) is 37.7. The van der Waals surface area contributed by atoms with Crippen molar-refractivity contribution >= 4 is 5.97 Å². The van der Waals surface area contributed by atoms with E-state index in [-0.39, 0.29) is 16.5 Å². The molecule has 1 aromatic carbocycles. The SMILES string of the molecule is CC(C)(C)OC(=O)c1ccc(C2(OCC34CC5CC(CC(C5)C3)C4)CC2(F)F)cc1F. The van der Waals surface area contributed by atoms with Gasteiger partial charge in [0.25, 0.3) is 5.92 Å².